The molecule has 138 valence electrons. The predicted molar refractivity (Wildman–Crippen MR) is 109 cm³/mol. The van der Waals surface area contributed by atoms with E-state index >= 15 is 0 Å². The number of carbonyl (C=O) groups is 1. The van der Waals surface area contributed by atoms with Crippen molar-refractivity contribution < 1.29 is 9.90 Å². The van der Waals surface area contributed by atoms with Gasteiger partial charge in [-0.15, -0.1) is 10.2 Å². The van der Waals surface area contributed by atoms with E-state index in [0.717, 1.165) is 22.0 Å². The van der Waals surface area contributed by atoms with Gasteiger partial charge in [-0.2, -0.15) is 0 Å². The minimum absolute atomic E-state index is 0.00848. The normalized spacial score (nSPS) is 11.3. The molecule has 1 aromatic heterocycles. The molecule has 0 atom stereocenters. The van der Waals surface area contributed by atoms with E-state index in [2.05, 4.69) is 10.2 Å². The highest BCUT2D eigenvalue weighted by atomic mass is 16.3. The van der Waals surface area contributed by atoms with E-state index in [4.69, 9.17) is 0 Å². The van der Waals surface area contributed by atoms with Crippen molar-refractivity contribution in [3.8, 4) is 5.88 Å². The first-order valence-electron chi connectivity index (χ1n) is 9.00. The van der Waals surface area contributed by atoms with Crippen LogP contribution in [0.1, 0.15) is 21.5 Å². The minimum atomic E-state index is -0.442. The van der Waals surface area contributed by atoms with Crippen LogP contribution in [0.2, 0.25) is 0 Å². The molecule has 0 saturated heterocycles. The fourth-order valence-corrected chi connectivity index (χ4v) is 3.23. The van der Waals surface area contributed by atoms with Gasteiger partial charge in [0.15, 0.2) is 5.69 Å². The van der Waals surface area contributed by atoms with Crippen LogP contribution in [0.3, 0.4) is 0 Å². The Balaban J connectivity index is 1.73. The third-order valence-corrected chi connectivity index (χ3v) is 4.61. The maximum absolute atomic E-state index is 12.4. The molecule has 0 unspecified atom stereocenters. The first kappa shape index (κ1) is 17.7. The third kappa shape index (κ3) is 3.42. The van der Waals surface area contributed by atoms with Crippen LogP contribution in [0.5, 0.6) is 5.88 Å². The van der Waals surface area contributed by atoms with Crippen LogP contribution in [0.15, 0.2) is 89.1 Å². The summed E-state index contributed by atoms with van der Waals surface area (Å²) in [5.41, 5.74) is 3.63. The molecule has 0 aliphatic heterocycles. The van der Waals surface area contributed by atoms with E-state index < -0.39 is 5.91 Å². The smallest absolute Gasteiger partial charge is 0.295 e. The number of fused-ring (bicyclic) bond motifs is 1. The van der Waals surface area contributed by atoms with Crippen LogP contribution >= 0.6 is 0 Å². The van der Waals surface area contributed by atoms with Crippen molar-refractivity contribution in [3.63, 3.8) is 0 Å². The summed E-state index contributed by atoms with van der Waals surface area (Å²) in [6.07, 6.45) is 0. The number of carbonyl (C=O) groups excluding carboxylic acids is 1. The Morgan fingerprint density at radius 2 is 1.71 bits per heavy atom. The molecule has 1 N–H and O–H groups in total. The zero-order chi connectivity index (χ0) is 19.5. The monoisotopic (exact) mass is 369 g/mol. The average Bonchev–Trinajstić information content (AvgIpc) is 2.98. The van der Waals surface area contributed by atoms with Gasteiger partial charge in [0.1, 0.15) is 0 Å². The number of para-hydroxylation sites is 1. The molecule has 28 heavy (non-hydrogen) atoms. The maximum atomic E-state index is 12.4. The standard InChI is InChI=1S/C23H19N3O2/c1-16-8-7-11-18(14-16)22(27)25-24-21-19-12-5-6-13-20(19)26(23(21)28)15-17-9-3-2-4-10-17/h2-14,28H,15H2,1H3. The summed E-state index contributed by atoms with van der Waals surface area (Å²) in [6.45, 7) is 2.41. The van der Waals surface area contributed by atoms with Crippen molar-refractivity contribution in [1.29, 1.82) is 0 Å². The van der Waals surface area contributed by atoms with Crippen molar-refractivity contribution in [2.24, 2.45) is 10.2 Å². The number of amides is 1. The molecule has 4 rings (SSSR count). The zero-order valence-electron chi connectivity index (χ0n) is 15.4. The van der Waals surface area contributed by atoms with Gasteiger partial charge in [-0.3, -0.25) is 4.79 Å². The van der Waals surface area contributed by atoms with E-state index in [9.17, 15) is 9.90 Å². The minimum Gasteiger partial charge on any atom is -0.493 e. The molecular formula is C23H19N3O2. The first-order valence-corrected chi connectivity index (χ1v) is 9.00. The van der Waals surface area contributed by atoms with E-state index in [1.807, 2.05) is 67.6 Å². The molecule has 0 aliphatic carbocycles. The van der Waals surface area contributed by atoms with E-state index in [1.165, 1.54) is 0 Å². The lowest BCUT2D eigenvalue weighted by atomic mass is 10.1. The Bertz CT molecular complexity index is 1180. The molecule has 1 amide bonds. The number of nitrogens with zero attached hydrogens (tertiary/aromatic N) is 3. The van der Waals surface area contributed by atoms with Gasteiger partial charge >= 0.3 is 0 Å². The number of benzene rings is 3. The number of hydrogen-bond acceptors (Lipinski definition) is 3. The zero-order valence-corrected chi connectivity index (χ0v) is 15.4. The highest BCUT2D eigenvalue weighted by Gasteiger charge is 2.17. The van der Waals surface area contributed by atoms with Crippen LogP contribution in [-0.2, 0) is 6.54 Å². The quantitative estimate of drug-likeness (QED) is 0.474. The maximum Gasteiger partial charge on any atom is 0.295 e. The molecule has 4 aromatic rings. The fourth-order valence-electron chi connectivity index (χ4n) is 3.23. The fraction of sp³-hybridized carbons (Fsp3) is 0.0870. The van der Waals surface area contributed by atoms with Gasteiger partial charge < -0.3 is 9.67 Å². The highest BCUT2D eigenvalue weighted by Crippen LogP contribution is 2.39. The van der Waals surface area contributed by atoms with Crippen LogP contribution in [-0.4, -0.2) is 15.6 Å². The molecule has 0 radical (unpaired) electrons. The summed E-state index contributed by atoms with van der Waals surface area (Å²) in [6, 6.07) is 24.6. The molecular weight excluding hydrogens is 350 g/mol. The Hall–Kier alpha value is -3.73. The Morgan fingerprint density at radius 1 is 0.964 bits per heavy atom. The molecule has 5 nitrogen and oxygen atoms in total. The van der Waals surface area contributed by atoms with Gasteiger partial charge in [-0.1, -0.05) is 66.2 Å². The first-order chi connectivity index (χ1) is 13.6. The highest BCUT2D eigenvalue weighted by molar-refractivity contribution is 5.97. The molecule has 0 bridgehead atoms. The molecule has 0 aliphatic rings. The molecule has 0 fully saturated rings. The topological polar surface area (TPSA) is 66.9 Å². The van der Waals surface area contributed by atoms with Gasteiger partial charge in [0, 0.05) is 10.9 Å². The summed E-state index contributed by atoms with van der Waals surface area (Å²) in [4.78, 5) is 12.4. The predicted octanol–water partition coefficient (Wildman–Crippen LogP) is 5.63. The summed E-state index contributed by atoms with van der Waals surface area (Å²) >= 11 is 0. The second-order valence-electron chi connectivity index (χ2n) is 6.64. The number of aromatic nitrogens is 1. The summed E-state index contributed by atoms with van der Waals surface area (Å²) in [5.74, 6) is -0.450. The van der Waals surface area contributed by atoms with Crippen molar-refractivity contribution in [2.45, 2.75) is 13.5 Å². The van der Waals surface area contributed by atoms with E-state index in [1.54, 1.807) is 22.8 Å². The average molecular weight is 369 g/mol. The number of rotatable bonds is 4. The van der Waals surface area contributed by atoms with Crippen molar-refractivity contribution in [1.82, 2.24) is 4.57 Å². The number of hydrogen-bond donors (Lipinski definition) is 1. The second-order valence-corrected chi connectivity index (χ2v) is 6.64. The SMILES string of the molecule is Cc1cccc(C(=O)N=Nc2c(O)n(Cc3ccccc3)c3ccccc23)c1. The lowest BCUT2D eigenvalue weighted by molar-refractivity contribution is 0.0995. The van der Waals surface area contributed by atoms with Gasteiger partial charge in [-0.25, -0.2) is 0 Å². The molecule has 0 spiro atoms. The summed E-state index contributed by atoms with van der Waals surface area (Å²) in [7, 11) is 0. The van der Waals surface area contributed by atoms with Crippen molar-refractivity contribution >= 4 is 22.5 Å². The third-order valence-electron chi connectivity index (χ3n) is 4.61. The van der Waals surface area contributed by atoms with Crippen LogP contribution < -0.4 is 0 Å². The van der Waals surface area contributed by atoms with Gasteiger partial charge in [0.05, 0.1) is 12.1 Å². The number of aryl methyl sites for hydroxylation is 1. The largest absolute Gasteiger partial charge is 0.493 e. The summed E-state index contributed by atoms with van der Waals surface area (Å²) < 4.78 is 1.77. The Morgan fingerprint density at radius 3 is 2.50 bits per heavy atom. The lowest BCUT2D eigenvalue weighted by Crippen LogP contribution is -1.98. The van der Waals surface area contributed by atoms with Gasteiger partial charge in [-0.05, 0) is 30.7 Å². The van der Waals surface area contributed by atoms with E-state index in [0.29, 0.717) is 17.8 Å². The van der Waals surface area contributed by atoms with Crippen LogP contribution in [0, 0.1) is 6.92 Å². The van der Waals surface area contributed by atoms with Gasteiger partial charge in [0.2, 0.25) is 5.88 Å². The van der Waals surface area contributed by atoms with Crippen molar-refractivity contribution in [2.75, 3.05) is 0 Å². The molecule has 5 heteroatoms. The van der Waals surface area contributed by atoms with E-state index in [-0.39, 0.29) is 5.88 Å². The van der Waals surface area contributed by atoms with Gasteiger partial charge in [0.25, 0.3) is 5.91 Å². The molecule has 0 saturated carbocycles. The van der Waals surface area contributed by atoms with Crippen LogP contribution in [0.4, 0.5) is 5.69 Å². The Kier molecular flexibility index (Phi) is 4.72. The van der Waals surface area contributed by atoms with Crippen molar-refractivity contribution in [3.05, 3.63) is 95.6 Å². The Labute approximate surface area is 162 Å². The number of aromatic hydroxyl groups is 1. The second kappa shape index (κ2) is 7.48. The molecule has 1 heterocycles. The summed E-state index contributed by atoms with van der Waals surface area (Å²) in [5, 5.41) is 19.5. The number of azo groups is 1. The van der Waals surface area contributed by atoms with Crippen LogP contribution in [0.25, 0.3) is 10.9 Å². The molecule has 3 aromatic carbocycles. The lowest BCUT2D eigenvalue weighted by Gasteiger charge is -2.06.